The summed E-state index contributed by atoms with van der Waals surface area (Å²) in [5, 5.41) is 11.6. The number of hydrogen-bond acceptors (Lipinski definition) is 3. The van der Waals surface area contributed by atoms with Crippen molar-refractivity contribution in [2.24, 2.45) is 12.5 Å². The minimum absolute atomic E-state index is 0.557. The van der Waals surface area contributed by atoms with Crippen LogP contribution in [-0.4, -0.2) is 27.4 Å². The largest absolute Gasteiger partial charge is 0.321 e. The molecular formula is C13H24N4. The zero-order valence-corrected chi connectivity index (χ0v) is 11.2. The smallest absolute Gasteiger partial charge is 0.133 e. The first-order valence-electron chi connectivity index (χ1n) is 6.63. The number of nitrogens with one attached hydrogen (secondary N) is 1. The van der Waals surface area contributed by atoms with Crippen molar-refractivity contribution in [2.75, 3.05) is 6.54 Å². The molecule has 0 bridgehead atoms. The fourth-order valence-corrected chi connectivity index (χ4v) is 2.52. The van der Waals surface area contributed by atoms with Gasteiger partial charge in [0.15, 0.2) is 0 Å². The van der Waals surface area contributed by atoms with Crippen LogP contribution in [0.25, 0.3) is 0 Å². The number of rotatable bonds is 4. The number of aryl methyl sites for hydroxylation is 1. The van der Waals surface area contributed by atoms with Gasteiger partial charge in [0.05, 0.1) is 0 Å². The highest BCUT2D eigenvalue weighted by Crippen LogP contribution is 2.34. The molecule has 17 heavy (non-hydrogen) atoms. The van der Waals surface area contributed by atoms with E-state index in [2.05, 4.69) is 29.4 Å². The minimum Gasteiger partial charge on any atom is -0.321 e. The molecule has 1 aliphatic carbocycles. The SMILES string of the molecule is Cn1cnnc1CCNC1CCC(C)(C)CC1. The second kappa shape index (κ2) is 5.17. The van der Waals surface area contributed by atoms with Crippen molar-refractivity contribution in [1.82, 2.24) is 20.1 Å². The molecule has 0 aliphatic heterocycles. The van der Waals surface area contributed by atoms with Gasteiger partial charge in [-0.3, -0.25) is 0 Å². The molecule has 1 saturated carbocycles. The van der Waals surface area contributed by atoms with Gasteiger partial charge in [0, 0.05) is 26.1 Å². The van der Waals surface area contributed by atoms with Crippen molar-refractivity contribution < 1.29 is 0 Å². The molecule has 1 fully saturated rings. The van der Waals surface area contributed by atoms with Crippen LogP contribution in [0.3, 0.4) is 0 Å². The van der Waals surface area contributed by atoms with Crippen molar-refractivity contribution in [1.29, 1.82) is 0 Å². The second-order valence-electron chi connectivity index (χ2n) is 6.00. The van der Waals surface area contributed by atoms with Gasteiger partial charge < -0.3 is 9.88 Å². The highest BCUT2D eigenvalue weighted by Gasteiger charge is 2.26. The van der Waals surface area contributed by atoms with Crippen LogP contribution in [0.15, 0.2) is 6.33 Å². The Morgan fingerprint density at radius 2 is 2.12 bits per heavy atom. The molecule has 96 valence electrons. The molecule has 0 atom stereocenters. The van der Waals surface area contributed by atoms with Crippen LogP contribution in [0.5, 0.6) is 0 Å². The summed E-state index contributed by atoms with van der Waals surface area (Å²) in [5.41, 5.74) is 0.557. The van der Waals surface area contributed by atoms with Crippen LogP contribution >= 0.6 is 0 Å². The van der Waals surface area contributed by atoms with E-state index in [0.29, 0.717) is 11.5 Å². The Labute approximate surface area is 104 Å². The van der Waals surface area contributed by atoms with Gasteiger partial charge in [0.1, 0.15) is 12.2 Å². The first kappa shape index (κ1) is 12.6. The zero-order valence-electron chi connectivity index (χ0n) is 11.2. The Kier molecular flexibility index (Phi) is 3.82. The Balaban J connectivity index is 1.68. The summed E-state index contributed by atoms with van der Waals surface area (Å²) in [6.45, 7) is 5.77. The Bertz CT molecular complexity index is 346. The normalized spacial score (nSPS) is 20.6. The molecule has 1 N–H and O–H groups in total. The third kappa shape index (κ3) is 3.53. The molecule has 4 heteroatoms. The van der Waals surface area contributed by atoms with Crippen LogP contribution in [0.2, 0.25) is 0 Å². The lowest BCUT2D eigenvalue weighted by atomic mass is 9.75. The first-order valence-corrected chi connectivity index (χ1v) is 6.63. The van der Waals surface area contributed by atoms with Crippen molar-refractivity contribution >= 4 is 0 Å². The molecule has 0 amide bonds. The van der Waals surface area contributed by atoms with E-state index in [1.165, 1.54) is 25.7 Å². The molecule has 0 unspecified atom stereocenters. The van der Waals surface area contributed by atoms with E-state index in [0.717, 1.165) is 18.8 Å². The number of hydrogen-bond donors (Lipinski definition) is 1. The topological polar surface area (TPSA) is 42.7 Å². The lowest BCUT2D eigenvalue weighted by molar-refractivity contribution is 0.207. The number of aromatic nitrogens is 3. The molecule has 1 heterocycles. The molecule has 0 saturated heterocycles. The number of nitrogens with zero attached hydrogens (tertiary/aromatic N) is 3. The average Bonchev–Trinajstić information content (AvgIpc) is 2.67. The quantitative estimate of drug-likeness (QED) is 0.868. The van der Waals surface area contributed by atoms with Gasteiger partial charge in [-0.25, -0.2) is 0 Å². The lowest BCUT2D eigenvalue weighted by Crippen LogP contribution is -2.36. The van der Waals surface area contributed by atoms with Crippen molar-refractivity contribution in [2.45, 2.75) is 52.0 Å². The van der Waals surface area contributed by atoms with Crippen LogP contribution in [0.4, 0.5) is 0 Å². The standard InChI is InChI=1S/C13H24N4/c1-13(2)7-4-11(5-8-13)14-9-6-12-16-15-10-17(12)3/h10-11,14H,4-9H2,1-3H3. The van der Waals surface area contributed by atoms with Gasteiger partial charge in [-0.2, -0.15) is 0 Å². The Morgan fingerprint density at radius 3 is 2.71 bits per heavy atom. The molecule has 0 spiro atoms. The lowest BCUT2D eigenvalue weighted by Gasteiger charge is -2.34. The monoisotopic (exact) mass is 236 g/mol. The summed E-state index contributed by atoms with van der Waals surface area (Å²) in [6.07, 6.45) is 8.04. The van der Waals surface area contributed by atoms with Gasteiger partial charge in [0.2, 0.25) is 0 Å². The highest BCUT2D eigenvalue weighted by molar-refractivity contribution is 4.87. The average molecular weight is 236 g/mol. The maximum Gasteiger partial charge on any atom is 0.133 e. The minimum atomic E-state index is 0.557. The third-order valence-electron chi connectivity index (χ3n) is 3.93. The van der Waals surface area contributed by atoms with Gasteiger partial charge >= 0.3 is 0 Å². The fraction of sp³-hybridized carbons (Fsp3) is 0.846. The Morgan fingerprint density at radius 1 is 1.41 bits per heavy atom. The van der Waals surface area contributed by atoms with E-state index >= 15 is 0 Å². The van der Waals surface area contributed by atoms with Gasteiger partial charge in [-0.1, -0.05) is 13.8 Å². The maximum absolute atomic E-state index is 4.09. The zero-order chi connectivity index (χ0) is 12.3. The summed E-state index contributed by atoms with van der Waals surface area (Å²) in [6, 6.07) is 0.705. The van der Waals surface area contributed by atoms with E-state index in [9.17, 15) is 0 Å². The predicted octanol–water partition coefficient (Wildman–Crippen LogP) is 1.92. The van der Waals surface area contributed by atoms with Crippen LogP contribution in [0, 0.1) is 5.41 Å². The van der Waals surface area contributed by atoms with Crippen molar-refractivity contribution in [3.63, 3.8) is 0 Å². The summed E-state index contributed by atoms with van der Waals surface area (Å²) in [4.78, 5) is 0. The summed E-state index contributed by atoms with van der Waals surface area (Å²) < 4.78 is 1.99. The molecule has 1 aliphatic rings. The van der Waals surface area contributed by atoms with E-state index in [-0.39, 0.29) is 0 Å². The van der Waals surface area contributed by atoms with Crippen LogP contribution < -0.4 is 5.32 Å². The molecule has 1 aromatic rings. The van der Waals surface area contributed by atoms with Gasteiger partial charge in [-0.15, -0.1) is 10.2 Å². The fourth-order valence-electron chi connectivity index (χ4n) is 2.52. The van der Waals surface area contributed by atoms with E-state index in [1.807, 2.05) is 11.6 Å². The van der Waals surface area contributed by atoms with Crippen LogP contribution in [-0.2, 0) is 13.5 Å². The molecule has 0 aromatic carbocycles. The molecule has 4 nitrogen and oxygen atoms in total. The second-order valence-corrected chi connectivity index (χ2v) is 6.00. The highest BCUT2D eigenvalue weighted by atomic mass is 15.2. The van der Waals surface area contributed by atoms with E-state index in [4.69, 9.17) is 0 Å². The molecular weight excluding hydrogens is 212 g/mol. The summed E-state index contributed by atoms with van der Waals surface area (Å²) in [5.74, 6) is 1.06. The van der Waals surface area contributed by atoms with Crippen molar-refractivity contribution in [3.05, 3.63) is 12.2 Å². The summed E-state index contributed by atoms with van der Waals surface area (Å²) in [7, 11) is 2.00. The molecule has 0 radical (unpaired) electrons. The summed E-state index contributed by atoms with van der Waals surface area (Å²) >= 11 is 0. The van der Waals surface area contributed by atoms with Crippen molar-refractivity contribution in [3.8, 4) is 0 Å². The van der Waals surface area contributed by atoms with Crippen LogP contribution in [0.1, 0.15) is 45.4 Å². The molecule has 2 rings (SSSR count). The molecule has 1 aromatic heterocycles. The first-order chi connectivity index (χ1) is 8.07. The van der Waals surface area contributed by atoms with Gasteiger partial charge in [-0.05, 0) is 31.1 Å². The van der Waals surface area contributed by atoms with Gasteiger partial charge in [0.25, 0.3) is 0 Å². The third-order valence-corrected chi connectivity index (χ3v) is 3.93. The van der Waals surface area contributed by atoms with E-state index < -0.39 is 0 Å². The predicted molar refractivity (Wildman–Crippen MR) is 68.7 cm³/mol. The Hall–Kier alpha value is -0.900. The van der Waals surface area contributed by atoms with E-state index in [1.54, 1.807) is 6.33 Å². The maximum atomic E-state index is 4.09.